The maximum Gasteiger partial charge on any atom is 2.00 e. The summed E-state index contributed by atoms with van der Waals surface area (Å²) in [6, 6.07) is 11.7. The molecule has 0 heterocycles. The van der Waals surface area contributed by atoms with E-state index in [-0.39, 0.29) is 52.4 Å². The molecule has 1 nitrogen and oxygen atoms in total. The summed E-state index contributed by atoms with van der Waals surface area (Å²) in [5.74, 6) is -4.40. The van der Waals surface area contributed by atoms with E-state index in [4.69, 9.17) is 4.74 Å². The van der Waals surface area contributed by atoms with Crippen LogP contribution in [0.25, 0.3) is 0 Å². The van der Waals surface area contributed by atoms with Crippen LogP contribution in [0.5, 0.6) is 5.75 Å². The molecule has 0 saturated heterocycles. The molecular weight excluding hydrogens is 333 g/mol. The number of hydrogen-bond donors (Lipinski definition) is 0. The first-order valence-electron chi connectivity index (χ1n) is 4.90. The third-order valence-corrected chi connectivity index (χ3v) is 2.16. The van der Waals surface area contributed by atoms with Crippen LogP contribution in [-0.2, 0) is 6.61 Å². The van der Waals surface area contributed by atoms with Crippen LogP contribution in [0.4, 0.5) is 13.2 Å². The molecule has 0 saturated carbocycles. The SMILES string of the molecule is Fc1ccc(OCc2[c-]cccc2)c(F)c1F.[Br-].[Mg+2]. The standard InChI is InChI=1S/C13H8F3O.BrH.Mg/c14-10-6-7-11(13(16)12(10)15)17-8-9-4-2-1-3-5-9;;/h1-4,6-7H,8H2;1H;/q-1;;+2/p-1. The Morgan fingerprint density at radius 3 is 2.37 bits per heavy atom. The van der Waals surface area contributed by atoms with Gasteiger partial charge in [0.1, 0.15) is 0 Å². The molecule has 0 atom stereocenters. The van der Waals surface area contributed by atoms with Crippen molar-refractivity contribution in [3.05, 3.63) is 65.5 Å². The summed E-state index contributed by atoms with van der Waals surface area (Å²) in [6.07, 6.45) is 0. The number of ether oxygens (including phenoxy) is 1. The van der Waals surface area contributed by atoms with Gasteiger partial charge in [-0.3, -0.25) is 0 Å². The second-order valence-electron chi connectivity index (χ2n) is 3.35. The van der Waals surface area contributed by atoms with Gasteiger partial charge < -0.3 is 21.7 Å². The van der Waals surface area contributed by atoms with Crippen LogP contribution in [0.3, 0.4) is 0 Å². The predicted molar refractivity (Wildman–Crippen MR) is 61.7 cm³/mol. The van der Waals surface area contributed by atoms with E-state index in [2.05, 4.69) is 6.07 Å². The monoisotopic (exact) mass is 340 g/mol. The number of benzene rings is 2. The Morgan fingerprint density at radius 2 is 1.74 bits per heavy atom. The van der Waals surface area contributed by atoms with Crippen molar-refractivity contribution in [3.63, 3.8) is 0 Å². The number of rotatable bonds is 3. The van der Waals surface area contributed by atoms with Crippen LogP contribution < -0.4 is 21.7 Å². The van der Waals surface area contributed by atoms with Gasteiger partial charge in [-0.2, -0.15) is 34.7 Å². The average Bonchev–Trinajstić information content (AvgIpc) is 2.36. The van der Waals surface area contributed by atoms with Crippen molar-refractivity contribution in [2.24, 2.45) is 0 Å². The number of hydrogen-bond acceptors (Lipinski definition) is 1. The maximum absolute atomic E-state index is 13.2. The van der Waals surface area contributed by atoms with E-state index in [1.165, 1.54) is 0 Å². The van der Waals surface area contributed by atoms with Crippen molar-refractivity contribution in [2.75, 3.05) is 0 Å². The van der Waals surface area contributed by atoms with Gasteiger partial charge in [-0.15, -0.1) is 5.56 Å². The molecule has 0 aliphatic heterocycles. The molecule has 96 valence electrons. The van der Waals surface area contributed by atoms with Gasteiger partial charge >= 0.3 is 23.1 Å². The molecule has 0 fully saturated rings. The Bertz CT molecular complexity index is 523. The van der Waals surface area contributed by atoms with Gasteiger partial charge in [0.2, 0.25) is 5.82 Å². The molecule has 0 bridgehead atoms. The zero-order valence-corrected chi connectivity index (χ0v) is 12.8. The summed E-state index contributed by atoms with van der Waals surface area (Å²) in [5, 5.41) is 0. The van der Waals surface area contributed by atoms with Gasteiger partial charge in [-0.25, -0.2) is 8.78 Å². The average molecular weight is 341 g/mol. The summed E-state index contributed by atoms with van der Waals surface area (Å²) in [6.45, 7) is 0.0445. The first kappa shape index (κ1) is 18.3. The minimum Gasteiger partial charge on any atom is -1.00 e. The van der Waals surface area contributed by atoms with E-state index in [1.54, 1.807) is 24.3 Å². The quantitative estimate of drug-likeness (QED) is 0.437. The second kappa shape index (κ2) is 8.45. The van der Waals surface area contributed by atoms with Crippen LogP contribution in [-0.4, -0.2) is 23.1 Å². The summed E-state index contributed by atoms with van der Waals surface area (Å²) < 4.78 is 43.8. The molecule has 0 radical (unpaired) electrons. The first-order chi connectivity index (χ1) is 8.18. The fraction of sp³-hybridized carbons (Fsp3) is 0.0769. The van der Waals surface area contributed by atoms with E-state index < -0.39 is 17.5 Å². The zero-order chi connectivity index (χ0) is 12.3. The molecular formula is C13H8BrF3MgO. The molecule has 0 unspecified atom stereocenters. The van der Waals surface area contributed by atoms with Crippen molar-refractivity contribution < 1.29 is 34.9 Å². The van der Waals surface area contributed by atoms with E-state index in [1.807, 2.05) is 0 Å². The molecule has 0 aliphatic rings. The van der Waals surface area contributed by atoms with E-state index in [0.29, 0.717) is 5.56 Å². The van der Waals surface area contributed by atoms with E-state index >= 15 is 0 Å². The summed E-state index contributed by atoms with van der Waals surface area (Å²) in [7, 11) is 0. The van der Waals surface area contributed by atoms with Crippen molar-refractivity contribution in [2.45, 2.75) is 6.61 Å². The van der Waals surface area contributed by atoms with Gasteiger partial charge in [-0.1, -0.05) is 0 Å². The summed E-state index contributed by atoms with van der Waals surface area (Å²) in [4.78, 5) is 0. The van der Waals surface area contributed by atoms with Crippen LogP contribution in [0.2, 0.25) is 0 Å². The van der Waals surface area contributed by atoms with Crippen molar-refractivity contribution in [1.82, 2.24) is 0 Å². The Hall–Kier alpha value is -0.724. The summed E-state index contributed by atoms with van der Waals surface area (Å²) >= 11 is 0. The van der Waals surface area contributed by atoms with Crippen LogP contribution >= 0.6 is 0 Å². The van der Waals surface area contributed by atoms with Crippen molar-refractivity contribution in [1.29, 1.82) is 0 Å². The van der Waals surface area contributed by atoms with E-state index in [0.717, 1.165) is 12.1 Å². The van der Waals surface area contributed by atoms with E-state index in [9.17, 15) is 13.2 Å². The van der Waals surface area contributed by atoms with Crippen LogP contribution in [0, 0.1) is 23.5 Å². The Morgan fingerprint density at radius 1 is 1.00 bits per heavy atom. The topological polar surface area (TPSA) is 9.23 Å². The van der Waals surface area contributed by atoms with Gasteiger partial charge in [-0.05, 0) is 12.1 Å². The zero-order valence-electron chi connectivity index (χ0n) is 9.80. The molecule has 19 heavy (non-hydrogen) atoms. The van der Waals surface area contributed by atoms with Crippen molar-refractivity contribution in [3.8, 4) is 5.75 Å². The first-order valence-corrected chi connectivity index (χ1v) is 4.90. The normalized spacial score (nSPS) is 9.21. The van der Waals surface area contributed by atoms with Gasteiger partial charge in [0, 0.05) is 0 Å². The van der Waals surface area contributed by atoms with Crippen molar-refractivity contribution >= 4 is 23.1 Å². The molecule has 6 heteroatoms. The van der Waals surface area contributed by atoms with Gasteiger partial charge in [0.05, 0.1) is 6.61 Å². The molecule has 2 rings (SSSR count). The fourth-order valence-corrected chi connectivity index (χ4v) is 1.30. The summed E-state index contributed by atoms with van der Waals surface area (Å²) in [5.41, 5.74) is 0.691. The van der Waals surface area contributed by atoms with Crippen LogP contribution in [0.1, 0.15) is 5.56 Å². The Balaban J connectivity index is 0.00000162. The smallest absolute Gasteiger partial charge is 1.00 e. The maximum atomic E-state index is 13.2. The molecule has 0 aromatic heterocycles. The molecule has 2 aromatic rings. The third-order valence-electron chi connectivity index (χ3n) is 2.16. The fourth-order valence-electron chi connectivity index (χ4n) is 1.30. The molecule has 2 aromatic carbocycles. The Kier molecular flexibility index (Phi) is 8.13. The van der Waals surface area contributed by atoms with Gasteiger partial charge in [0.15, 0.2) is 17.4 Å². The molecule has 0 aliphatic carbocycles. The predicted octanol–water partition coefficient (Wildman–Crippen LogP) is 0.106. The number of halogens is 4. The molecule has 0 spiro atoms. The second-order valence-corrected chi connectivity index (χ2v) is 3.35. The third kappa shape index (κ3) is 4.70. The van der Waals surface area contributed by atoms with Gasteiger partial charge in [0.25, 0.3) is 0 Å². The minimum atomic E-state index is -1.53. The Labute approximate surface area is 135 Å². The van der Waals surface area contributed by atoms with Crippen LogP contribution in [0.15, 0.2) is 36.4 Å². The molecule has 0 amide bonds. The molecule has 0 N–H and O–H groups in total. The largest absolute Gasteiger partial charge is 2.00 e. The minimum absolute atomic E-state index is 0.